The Morgan fingerprint density at radius 3 is 2.31 bits per heavy atom. The zero-order chi connectivity index (χ0) is 24.3. The number of rotatable bonds is 7. The van der Waals surface area contributed by atoms with E-state index in [1.807, 2.05) is 30.6 Å². The zero-order valence-electron chi connectivity index (χ0n) is 20.7. The minimum Gasteiger partial charge on any atom is -0.493 e. The number of aliphatic imine (C=N–C) groups is 1. The van der Waals surface area contributed by atoms with E-state index in [4.69, 9.17) is 19.2 Å². The highest BCUT2D eigenvalue weighted by atomic mass is 16.5. The van der Waals surface area contributed by atoms with E-state index in [1.165, 1.54) is 12.8 Å². The fourth-order valence-corrected chi connectivity index (χ4v) is 4.61. The Balaban J connectivity index is 1.53. The molecule has 0 saturated heterocycles. The maximum atomic E-state index is 6.39. The van der Waals surface area contributed by atoms with Crippen LogP contribution in [0.25, 0.3) is 11.6 Å². The lowest BCUT2D eigenvalue weighted by Gasteiger charge is -2.18. The van der Waals surface area contributed by atoms with E-state index in [0.717, 1.165) is 52.2 Å². The van der Waals surface area contributed by atoms with Crippen LogP contribution in [0.4, 0.5) is 0 Å². The van der Waals surface area contributed by atoms with Crippen LogP contribution >= 0.6 is 0 Å². The number of hydrogen-bond donors (Lipinski definition) is 0. The number of aromatic nitrogens is 1. The molecule has 0 spiro atoms. The molecule has 0 N–H and O–H groups in total. The molecule has 0 radical (unpaired) electrons. The topological polar surface area (TPSA) is 52.9 Å². The fraction of sp³-hybridized carbons (Fsp3) is 0.333. The first-order chi connectivity index (χ1) is 17.0. The smallest absolute Gasteiger partial charge is 0.216 e. The number of ether oxygens (including phenoxy) is 3. The molecular formula is C30H32N2O3. The minimum atomic E-state index is -0.181. The predicted molar refractivity (Wildman–Crippen MR) is 140 cm³/mol. The lowest BCUT2D eigenvalue weighted by Crippen LogP contribution is -2.17. The van der Waals surface area contributed by atoms with Gasteiger partial charge in [0.25, 0.3) is 0 Å². The first kappa shape index (κ1) is 23.2. The summed E-state index contributed by atoms with van der Waals surface area (Å²) in [7, 11) is 1.69. The van der Waals surface area contributed by atoms with Gasteiger partial charge in [0.05, 0.1) is 18.8 Å². The number of nitrogens with zero attached hydrogens (tertiary/aromatic N) is 2. The molecule has 0 atom stereocenters. The maximum Gasteiger partial charge on any atom is 0.216 e. The summed E-state index contributed by atoms with van der Waals surface area (Å²) in [5, 5.41) is 0. The second kappa shape index (κ2) is 9.95. The Bertz CT molecular complexity index is 1220. The van der Waals surface area contributed by atoms with E-state index in [9.17, 15) is 0 Å². The number of benzene rings is 2. The van der Waals surface area contributed by atoms with Crippen molar-refractivity contribution in [2.75, 3.05) is 13.7 Å². The average Bonchev–Trinajstić information content (AvgIpc) is 3.52. The van der Waals surface area contributed by atoms with E-state index in [-0.39, 0.29) is 11.6 Å². The fourth-order valence-electron chi connectivity index (χ4n) is 4.61. The third kappa shape index (κ3) is 5.40. The number of pyridine rings is 1. The second-order valence-corrected chi connectivity index (χ2v) is 9.82. The molecule has 0 unspecified atom stereocenters. The van der Waals surface area contributed by atoms with Gasteiger partial charge in [0.2, 0.25) is 5.90 Å². The molecule has 2 aromatic carbocycles. The Hall–Kier alpha value is -3.60. The SMILES string of the molecule is COc1ccc(C(=Cc2ccncc2)c2ccc(C3=NC(C)(C)CO3)cc2)cc1OC1CCCC1. The summed E-state index contributed by atoms with van der Waals surface area (Å²) in [6.07, 6.45) is 10.7. The summed E-state index contributed by atoms with van der Waals surface area (Å²) in [5.74, 6) is 2.27. The van der Waals surface area contributed by atoms with Gasteiger partial charge >= 0.3 is 0 Å². The molecule has 1 fully saturated rings. The molecule has 1 aliphatic heterocycles. The molecule has 2 aliphatic rings. The van der Waals surface area contributed by atoms with Crippen molar-refractivity contribution in [2.24, 2.45) is 4.99 Å². The number of hydrogen-bond acceptors (Lipinski definition) is 5. The first-order valence-electron chi connectivity index (χ1n) is 12.3. The lowest BCUT2D eigenvalue weighted by atomic mass is 9.94. The Labute approximate surface area is 207 Å². The molecule has 3 aromatic rings. The van der Waals surface area contributed by atoms with E-state index < -0.39 is 0 Å². The van der Waals surface area contributed by atoms with Crippen molar-refractivity contribution in [2.45, 2.75) is 51.2 Å². The molecule has 180 valence electrons. The standard InChI is InChI=1S/C30H32N2O3/c1-30(2)20-34-29(32-30)23-10-8-22(9-11-23)26(18-21-14-16-31-17-15-21)24-12-13-27(33-3)28(19-24)35-25-6-4-5-7-25/h8-19,25H,4-7,20H2,1-3H3. The molecule has 2 heterocycles. The third-order valence-electron chi connectivity index (χ3n) is 6.50. The maximum absolute atomic E-state index is 6.39. The molecule has 0 bridgehead atoms. The minimum absolute atomic E-state index is 0.181. The summed E-state index contributed by atoms with van der Waals surface area (Å²) in [4.78, 5) is 8.88. The van der Waals surface area contributed by atoms with Gasteiger partial charge in [-0.1, -0.05) is 18.2 Å². The average molecular weight is 469 g/mol. The summed E-state index contributed by atoms with van der Waals surface area (Å²) < 4.78 is 17.8. The molecular weight excluding hydrogens is 436 g/mol. The van der Waals surface area contributed by atoms with Gasteiger partial charge in [-0.3, -0.25) is 4.98 Å². The van der Waals surface area contributed by atoms with Gasteiger partial charge in [-0.05, 0) is 104 Å². The summed E-state index contributed by atoms with van der Waals surface area (Å²) in [6.45, 7) is 4.77. The summed E-state index contributed by atoms with van der Waals surface area (Å²) >= 11 is 0. The highest BCUT2D eigenvalue weighted by molar-refractivity contribution is 5.97. The van der Waals surface area contributed by atoms with Crippen molar-refractivity contribution < 1.29 is 14.2 Å². The molecule has 5 heteroatoms. The van der Waals surface area contributed by atoms with Crippen molar-refractivity contribution >= 4 is 17.5 Å². The van der Waals surface area contributed by atoms with Crippen molar-refractivity contribution in [1.82, 2.24) is 4.98 Å². The van der Waals surface area contributed by atoms with Crippen molar-refractivity contribution in [1.29, 1.82) is 0 Å². The molecule has 1 aromatic heterocycles. The van der Waals surface area contributed by atoms with Crippen LogP contribution in [0.1, 0.15) is 61.8 Å². The highest BCUT2D eigenvalue weighted by Gasteiger charge is 2.27. The van der Waals surface area contributed by atoms with E-state index in [1.54, 1.807) is 7.11 Å². The molecule has 0 amide bonds. The largest absolute Gasteiger partial charge is 0.493 e. The predicted octanol–water partition coefficient (Wildman–Crippen LogP) is 6.56. The van der Waals surface area contributed by atoms with Gasteiger partial charge < -0.3 is 14.2 Å². The van der Waals surface area contributed by atoms with Crippen LogP contribution in [0.3, 0.4) is 0 Å². The van der Waals surface area contributed by atoms with Crippen molar-refractivity contribution in [3.05, 3.63) is 89.2 Å². The monoisotopic (exact) mass is 468 g/mol. The quantitative estimate of drug-likeness (QED) is 0.394. The van der Waals surface area contributed by atoms with Gasteiger partial charge in [-0.15, -0.1) is 0 Å². The highest BCUT2D eigenvalue weighted by Crippen LogP contribution is 2.36. The van der Waals surface area contributed by atoms with Gasteiger partial charge in [-0.2, -0.15) is 0 Å². The number of methoxy groups -OCH3 is 1. The molecule has 5 rings (SSSR count). The van der Waals surface area contributed by atoms with Crippen LogP contribution in [0.15, 0.2) is 72.0 Å². The summed E-state index contributed by atoms with van der Waals surface area (Å²) in [5.41, 5.74) is 5.15. The molecule has 1 saturated carbocycles. The molecule has 5 nitrogen and oxygen atoms in total. The molecule has 1 aliphatic carbocycles. The van der Waals surface area contributed by atoms with Crippen LogP contribution in [-0.2, 0) is 4.74 Å². The van der Waals surface area contributed by atoms with Crippen LogP contribution in [0, 0.1) is 0 Å². The molecule has 35 heavy (non-hydrogen) atoms. The zero-order valence-corrected chi connectivity index (χ0v) is 20.7. The van der Waals surface area contributed by atoms with E-state index >= 15 is 0 Å². The lowest BCUT2D eigenvalue weighted by molar-refractivity contribution is 0.201. The van der Waals surface area contributed by atoms with Crippen LogP contribution in [0.2, 0.25) is 0 Å². The van der Waals surface area contributed by atoms with Crippen molar-refractivity contribution in [3.63, 3.8) is 0 Å². The van der Waals surface area contributed by atoms with Gasteiger partial charge in [0.15, 0.2) is 11.5 Å². The van der Waals surface area contributed by atoms with Crippen molar-refractivity contribution in [3.8, 4) is 11.5 Å². The first-order valence-corrected chi connectivity index (χ1v) is 12.3. The summed E-state index contributed by atoms with van der Waals surface area (Å²) in [6, 6.07) is 18.6. The Morgan fingerprint density at radius 2 is 1.66 bits per heavy atom. The Morgan fingerprint density at radius 1 is 0.943 bits per heavy atom. The second-order valence-electron chi connectivity index (χ2n) is 9.82. The normalized spacial score (nSPS) is 17.7. The van der Waals surface area contributed by atoms with Crippen LogP contribution in [-0.4, -0.2) is 36.2 Å². The van der Waals surface area contributed by atoms with E-state index in [2.05, 4.69) is 61.3 Å². The Kier molecular flexibility index (Phi) is 6.58. The van der Waals surface area contributed by atoms with Gasteiger partial charge in [0.1, 0.15) is 6.61 Å². The van der Waals surface area contributed by atoms with Crippen LogP contribution < -0.4 is 9.47 Å². The van der Waals surface area contributed by atoms with Crippen LogP contribution in [0.5, 0.6) is 11.5 Å². The van der Waals surface area contributed by atoms with E-state index in [0.29, 0.717) is 12.5 Å². The van der Waals surface area contributed by atoms with Gasteiger partial charge in [-0.25, -0.2) is 4.99 Å². The third-order valence-corrected chi connectivity index (χ3v) is 6.50. The van der Waals surface area contributed by atoms with Gasteiger partial charge in [0, 0.05) is 18.0 Å².